The summed E-state index contributed by atoms with van der Waals surface area (Å²) in [5.41, 5.74) is 1.25. The molecule has 0 aliphatic heterocycles. The number of aromatic nitrogens is 2. The predicted molar refractivity (Wildman–Crippen MR) is 115 cm³/mol. The normalized spacial score (nSPS) is 12.1. The van der Waals surface area contributed by atoms with Crippen molar-refractivity contribution in [2.45, 2.75) is 11.0 Å². The number of carbonyl (C=O) groups is 2. The highest BCUT2D eigenvalue weighted by Gasteiger charge is 2.28. The summed E-state index contributed by atoms with van der Waals surface area (Å²) >= 11 is 15.0. The van der Waals surface area contributed by atoms with Crippen molar-refractivity contribution >= 4 is 68.6 Å². The average molecular weight is 534 g/mol. The zero-order valence-electron chi connectivity index (χ0n) is 14.4. The van der Waals surface area contributed by atoms with Crippen LogP contribution in [0.15, 0.2) is 30.3 Å². The average Bonchev–Trinajstić information content (AvgIpc) is 2.94. The summed E-state index contributed by atoms with van der Waals surface area (Å²) in [6.45, 7) is 1.03. The van der Waals surface area contributed by atoms with Gasteiger partial charge in [-0.1, -0.05) is 76.1 Å². The smallest absolute Gasteiger partial charge is 0.322 e. The third kappa shape index (κ3) is 3.63. The number of hydrogen-bond donors (Lipinski definition) is 3. The van der Waals surface area contributed by atoms with Gasteiger partial charge in [0.15, 0.2) is 11.4 Å². The molecule has 1 unspecified atom stereocenters. The maximum atomic E-state index is 12.3. The van der Waals surface area contributed by atoms with Crippen LogP contribution in [0.1, 0.15) is 25.8 Å². The van der Waals surface area contributed by atoms with Crippen LogP contribution in [-0.2, 0) is 4.79 Å². The number of alkyl halides is 1. The Labute approximate surface area is 183 Å². The second-order valence-electron chi connectivity index (χ2n) is 5.92. The van der Waals surface area contributed by atoms with Crippen molar-refractivity contribution in [1.29, 1.82) is 0 Å². The molecule has 0 aliphatic carbocycles. The first kappa shape index (κ1) is 20.7. The number of fused-ring (bicyclic) bond motifs is 1. The molecule has 3 rings (SSSR count). The van der Waals surface area contributed by atoms with Gasteiger partial charge < -0.3 is 20.1 Å². The van der Waals surface area contributed by atoms with E-state index in [9.17, 15) is 14.7 Å². The molecule has 28 heavy (non-hydrogen) atoms. The maximum Gasteiger partial charge on any atom is 0.322 e. The van der Waals surface area contributed by atoms with E-state index < -0.39 is 24.2 Å². The minimum absolute atomic E-state index is 0.197. The van der Waals surface area contributed by atoms with Gasteiger partial charge >= 0.3 is 5.97 Å². The molecular formula is C18H14Cl2IN3O4. The Balaban J connectivity index is 2.23. The van der Waals surface area contributed by atoms with E-state index in [1.165, 1.54) is 0 Å². The molecule has 0 aliphatic rings. The molecular weight excluding hydrogens is 520 g/mol. The van der Waals surface area contributed by atoms with Crippen LogP contribution in [0.25, 0.3) is 10.9 Å². The van der Waals surface area contributed by atoms with Crippen LogP contribution in [0.3, 0.4) is 0 Å². The van der Waals surface area contributed by atoms with Gasteiger partial charge in [-0.2, -0.15) is 0 Å². The van der Waals surface area contributed by atoms with E-state index in [1.54, 1.807) is 11.5 Å². The lowest BCUT2D eigenvalue weighted by atomic mass is 10.1. The van der Waals surface area contributed by atoms with Gasteiger partial charge in [-0.25, -0.2) is 4.98 Å². The van der Waals surface area contributed by atoms with Gasteiger partial charge in [0, 0.05) is 11.1 Å². The second kappa shape index (κ2) is 8.14. The van der Waals surface area contributed by atoms with E-state index in [-0.39, 0.29) is 25.4 Å². The van der Waals surface area contributed by atoms with Gasteiger partial charge in [0.2, 0.25) is 0 Å². The molecule has 146 valence electrons. The lowest BCUT2D eigenvalue weighted by Crippen LogP contribution is -2.30. The van der Waals surface area contributed by atoms with Gasteiger partial charge in [-0.15, -0.1) is 0 Å². The molecule has 0 spiro atoms. The van der Waals surface area contributed by atoms with Crippen molar-refractivity contribution in [1.82, 2.24) is 14.9 Å². The Hall–Kier alpha value is -2.04. The third-order valence-corrected chi connectivity index (χ3v) is 6.21. The number of aliphatic carboxylic acids is 1. The quantitative estimate of drug-likeness (QED) is 0.337. The topological polar surface area (TPSA) is 104 Å². The van der Waals surface area contributed by atoms with Crippen molar-refractivity contribution < 1.29 is 19.8 Å². The summed E-state index contributed by atoms with van der Waals surface area (Å²) in [5, 5.41) is 22.6. The summed E-state index contributed by atoms with van der Waals surface area (Å²) in [4.78, 5) is 27.2. The Morgan fingerprint density at radius 2 is 1.93 bits per heavy atom. The number of nitrogens with one attached hydrogen (secondary N) is 1. The predicted octanol–water partition coefficient (Wildman–Crippen LogP) is 4.15. The highest BCUT2D eigenvalue weighted by atomic mass is 127. The van der Waals surface area contributed by atoms with Crippen LogP contribution in [0.4, 0.5) is 0 Å². The highest BCUT2D eigenvalue weighted by Crippen LogP contribution is 2.45. The lowest BCUT2D eigenvalue weighted by molar-refractivity contribution is -0.135. The third-order valence-electron chi connectivity index (χ3n) is 4.10. The van der Waals surface area contributed by atoms with Crippen molar-refractivity contribution in [3.05, 3.63) is 57.5 Å². The standard InChI is InChI=1S/C18H14Cl2IN3O4/c1-8-11-12(19)16(20)24(17(21)9-5-3-2-4-6-9)14(11)15(27)13(23-8)18(28)22-7-10(25)26/h2-6,17,27H,7H2,1H3,(H,22,28)(H,25,26). The highest BCUT2D eigenvalue weighted by molar-refractivity contribution is 14.1. The number of halogens is 3. The number of aryl methyl sites for hydroxylation is 1. The van der Waals surface area contributed by atoms with E-state index in [4.69, 9.17) is 28.3 Å². The number of rotatable bonds is 5. The van der Waals surface area contributed by atoms with Gasteiger partial charge in [-0.05, 0) is 12.5 Å². The van der Waals surface area contributed by atoms with E-state index >= 15 is 0 Å². The maximum absolute atomic E-state index is 12.3. The lowest BCUT2D eigenvalue weighted by Gasteiger charge is -2.17. The molecule has 3 N–H and O–H groups in total. The van der Waals surface area contributed by atoms with Gasteiger partial charge in [0.25, 0.3) is 5.91 Å². The first-order valence-electron chi connectivity index (χ1n) is 8.01. The molecule has 0 bridgehead atoms. The second-order valence-corrected chi connectivity index (χ2v) is 7.83. The summed E-state index contributed by atoms with van der Waals surface area (Å²) in [7, 11) is 0. The van der Waals surface area contributed by atoms with Crippen molar-refractivity contribution in [3.63, 3.8) is 0 Å². The fourth-order valence-corrected chi connectivity index (χ4v) is 4.59. The molecule has 0 fully saturated rings. The number of carbonyl (C=O) groups excluding carboxylic acids is 1. The largest absolute Gasteiger partial charge is 0.504 e. The zero-order valence-corrected chi connectivity index (χ0v) is 18.1. The van der Waals surface area contributed by atoms with Crippen molar-refractivity contribution in [2.24, 2.45) is 0 Å². The minimum atomic E-state index is -1.21. The summed E-state index contributed by atoms with van der Waals surface area (Å²) in [6, 6.07) is 9.43. The molecule has 1 amide bonds. The van der Waals surface area contributed by atoms with Gasteiger partial charge in [0.1, 0.15) is 15.7 Å². The summed E-state index contributed by atoms with van der Waals surface area (Å²) < 4.78 is 1.29. The fourth-order valence-electron chi connectivity index (χ4n) is 2.85. The molecule has 3 aromatic rings. The minimum Gasteiger partial charge on any atom is -0.504 e. The van der Waals surface area contributed by atoms with E-state index in [0.29, 0.717) is 11.1 Å². The number of carboxylic acids is 1. The first-order chi connectivity index (χ1) is 13.2. The first-order valence-corrected chi connectivity index (χ1v) is 10.0. The Bertz CT molecular complexity index is 1090. The van der Waals surface area contributed by atoms with E-state index in [0.717, 1.165) is 5.56 Å². The Kier molecular flexibility index (Phi) is 6.01. The van der Waals surface area contributed by atoms with E-state index in [2.05, 4.69) is 32.9 Å². The van der Waals surface area contributed by atoms with Crippen LogP contribution in [0.5, 0.6) is 5.75 Å². The van der Waals surface area contributed by atoms with Crippen LogP contribution >= 0.6 is 45.8 Å². The number of hydrogen-bond acceptors (Lipinski definition) is 4. The van der Waals surface area contributed by atoms with Crippen LogP contribution in [-0.4, -0.2) is 38.2 Å². The van der Waals surface area contributed by atoms with Crippen LogP contribution < -0.4 is 5.32 Å². The monoisotopic (exact) mass is 533 g/mol. The number of nitrogens with zero attached hydrogens (tertiary/aromatic N) is 2. The number of carboxylic acid groups (broad SMARTS) is 1. The number of amides is 1. The Morgan fingerprint density at radius 3 is 2.54 bits per heavy atom. The molecule has 0 saturated heterocycles. The SMILES string of the molecule is Cc1nc(C(=O)NCC(=O)O)c(O)c2c1c(Cl)c(Cl)n2C(I)c1ccccc1. The van der Waals surface area contributed by atoms with Crippen molar-refractivity contribution in [3.8, 4) is 5.75 Å². The van der Waals surface area contributed by atoms with Crippen LogP contribution in [0.2, 0.25) is 10.2 Å². The molecule has 0 saturated carbocycles. The molecule has 2 heterocycles. The molecule has 1 aromatic carbocycles. The summed E-state index contributed by atoms with van der Waals surface area (Å²) in [6.07, 6.45) is 0. The molecule has 0 radical (unpaired) electrons. The Morgan fingerprint density at radius 1 is 1.29 bits per heavy atom. The number of aromatic hydroxyl groups is 1. The molecule has 1 atom stereocenters. The number of pyridine rings is 1. The van der Waals surface area contributed by atoms with Crippen molar-refractivity contribution in [2.75, 3.05) is 6.54 Å². The van der Waals surface area contributed by atoms with Crippen LogP contribution in [0, 0.1) is 6.92 Å². The van der Waals surface area contributed by atoms with Gasteiger partial charge in [0.05, 0.1) is 10.5 Å². The zero-order chi connectivity index (χ0) is 20.6. The number of benzene rings is 1. The summed E-state index contributed by atoms with van der Waals surface area (Å²) in [5.74, 6) is -2.44. The fraction of sp³-hybridized carbons (Fsp3) is 0.167. The molecule has 2 aromatic heterocycles. The molecule has 7 nitrogen and oxygen atoms in total. The van der Waals surface area contributed by atoms with E-state index in [1.807, 2.05) is 30.3 Å². The van der Waals surface area contributed by atoms with Gasteiger partial charge in [-0.3, -0.25) is 9.59 Å². The molecule has 10 heteroatoms.